The second-order valence-electron chi connectivity index (χ2n) is 5.83. The standard InChI is InChI=1S/C18H25N3O3/c1-3-4-8-16-14(13-7-5-6-9-15(13)24-16)12-21(2)18(23)11-20-17(22)10-19/h5-7,9H,3-4,8,10-12,19H2,1-2H3,(H,20,22). The van der Waals surface area contributed by atoms with Crippen molar-refractivity contribution in [1.29, 1.82) is 0 Å². The van der Waals surface area contributed by atoms with Crippen molar-refractivity contribution in [2.24, 2.45) is 5.73 Å². The van der Waals surface area contributed by atoms with Crippen molar-refractivity contribution < 1.29 is 14.0 Å². The molecule has 0 aliphatic rings. The number of nitrogens with two attached hydrogens (primary N) is 1. The van der Waals surface area contributed by atoms with Gasteiger partial charge in [-0.3, -0.25) is 9.59 Å². The molecule has 0 bridgehead atoms. The Morgan fingerprint density at radius 3 is 2.75 bits per heavy atom. The highest BCUT2D eigenvalue weighted by Gasteiger charge is 2.18. The lowest BCUT2D eigenvalue weighted by atomic mass is 10.1. The fourth-order valence-corrected chi connectivity index (χ4v) is 2.57. The molecular weight excluding hydrogens is 306 g/mol. The zero-order valence-electron chi connectivity index (χ0n) is 14.3. The molecule has 0 spiro atoms. The topological polar surface area (TPSA) is 88.6 Å². The van der Waals surface area contributed by atoms with Crippen molar-refractivity contribution in [1.82, 2.24) is 10.2 Å². The van der Waals surface area contributed by atoms with Crippen LogP contribution in [0.3, 0.4) is 0 Å². The van der Waals surface area contributed by atoms with Crippen LogP contribution in [0.4, 0.5) is 0 Å². The Balaban J connectivity index is 2.14. The fourth-order valence-electron chi connectivity index (χ4n) is 2.57. The summed E-state index contributed by atoms with van der Waals surface area (Å²) in [4.78, 5) is 25.0. The molecule has 6 nitrogen and oxygen atoms in total. The number of unbranched alkanes of at least 4 members (excludes halogenated alkanes) is 1. The first-order valence-corrected chi connectivity index (χ1v) is 8.26. The second-order valence-corrected chi connectivity index (χ2v) is 5.83. The van der Waals surface area contributed by atoms with E-state index in [0.717, 1.165) is 41.6 Å². The molecule has 0 aliphatic heterocycles. The maximum atomic E-state index is 12.2. The number of hydrogen-bond donors (Lipinski definition) is 2. The van der Waals surface area contributed by atoms with Crippen molar-refractivity contribution in [3.63, 3.8) is 0 Å². The Morgan fingerprint density at radius 2 is 2.04 bits per heavy atom. The minimum absolute atomic E-state index is 0.0490. The van der Waals surface area contributed by atoms with Crippen LogP contribution in [0.1, 0.15) is 31.1 Å². The minimum atomic E-state index is -0.339. The highest BCUT2D eigenvalue weighted by atomic mass is 16.3. The Labute approximate surface area is 142 Å². The van der Waals surface area contributed by atoms with Gasteiger partial charge < -0.3 is 20.4 Å². The summed E-state index contributed by atoms with van der Waals surface area (Å²) < 4.78 is 5.97. The number of nitrogens with zero attached hydrogens (tertiary/aromatic N) is 1. The van der Waals surface area contributed by atoms with E-state index in [0.29, 0.717) is 6.54 Å². The summed E-state index contributed by atoms with van der Waals surface area (Å²) in [6.45, 7) is 2.42. The van der Waals surface area contributed by atoms with E-state index >= 15 is 0 Å². The van der Waals surface area contributed by atoms with E-state index in [1.165, 1.54) is 0 Å². The average molecular weight is 331 g/mol. The summed E-state index contributed by atoms with van der Waals surface area (Å²) in [7, 11) is 1.72. The van der Waals surface area contributed by atoms with Crippen LogP contribution in [-0.2, 0) is 22.6 Å². The first-order valence-electron chi connectivity index (χ1n) is 8.26. The maximum Gasteiger partial charge on any atom is 0.242 e. The van der Waals surface area contributed by atoms with Gasteiger partial charge in [0.2, 0.25) is 11.8 Å². The molecule has 0 saturated carbocycles. The van der Waals surface area contributed by atoms with Gasteiger partial charge in [-0.05, 0) is 12.5 Å². The molecule has 0 saturated heterocycles. The van der Waals surface area contributed by atoms with Gasteiger partial charge in [0.05, 0.1) is 13.1 Å². The molecule has 1 heterocycles. The first kappa shape index (κ1) is 18.0. The summed E-state index contributed by atoms with van der Waals surface area (Å²) in [6.07, 6.45) is 2.97. The van der Waals surface area contributed by atoms with Gasteiger partial charge >= 0.3 is 0 Å². The van der Waals surface area contributed by atoms with Crippen molar-refractivity contribution >= 4 is 22.8 Å². The number of aryl methyl sites for hydroxylation is 1. The largest absolute Gasteiger partial charge is 0.461 e. The van der Waals surface area contributed by atoms with Crippen molar-refractivity contribution in [3.05, 3.63) is 35.6 Å². The molecule has 130 valence electrons. The van der Waals surface area contributed by atoms with E-state index in [-0.39, 0.29) is 24.9 Å². The molecule has 0 aliphatic carbocycles. The third-order valence-electron chi connectivity index (χ3n) is 3.98. The molecule has 1 aromatic heterocycles. The third-order valence-corrected chi connectivity index (χ3v) is 3.98. The summed E-state index contributed by atoms with van der Waals surface area (Å²) in [5.74, 6) is 0.432. The molecule has 6 heteroatoms. The van der Waals surface area contributed by atoms with E-state index in [2.05, 4.69) is 12.2 Å². The summed E-state index contributed by atoms with van der Waals surface area (Å²) in [5.41, 5.74) is 7.11. The maximum absolute atomic E-state index is 12.2. The summed E-state index contributed by atoms with van der Waals surface area (Å²) >= 11 is 0. The second kappa shape index (κ2) is 8.49. The normalized spacial score (nSPS) is 10.8. The van der Waals surface area contributed by atoms with Crippen molar-refractivity contribution in [3.8, 4) is 0 Å². The van der Waals surface area contributed by atoms with E-state index in [1.807, 2.05) is 24.3 Å². The van der Waals surface area contributed by atoms with Crippen molar-refractivity contribution in [2.75, 3.05) is 20.1 Å². The number of furan rings is 1. The van der Waals surface area contributed by atoms with Crippen LogP contribution >= 0.6 is 0 Å². The number of carbonyl (C=O) groups excluding carboxylic acids is 2. The van der Waals surface area contributed by atoms with Gasteiger partial charge in [-0.15, -0.1) is 0 Å². The molecule has 0 fully saturated rings. The van der Waals surface area contributed by atoms with Gasteiger partial charge in [-0.2, -0.15) is 0 Å². The van der Waals surface area contributed by atoms with Gasteiger partial charge in [-0.1, -0.05) is 31.5 Å². The molecule has 0 unspecified atom stereocenters. The fraction of sp³-hybridized carbons (Fsp3) is 0.444. The molecule has 3 N–H and O–H groups in total. The molecule has 0 radical (unpaired) electrons. The van der Waals surface area contributed by atoms with Crippen LogP contribution in [0.15, 0.2) is 28.7 Å². The SMILES string of the molecule is CCCCc1oc2ccccc2c1CN(C)C(=O)CNC(=O)CN. The Morgan fingerprint density at radius 1 is 1.29 bits per heavy atom. The van der Waals surface area contributed by atoms with Gasteiger partial charge in [0.1, 0.15) is 11.3 Å². The van der Waals surface area contributed by atoms with Crippen LogP contribution < -0.4 is 11.1 Å². The number of nitrogens with one attached hydrogen (secondary N) is 1. The average Bonchev–Trinajstić information content (AvgIpc) is 2.95. The highest BCUT2D eigenvalue weighted by Crippen LogP contribution is 2.28. The number of hydrogen-bond acceptors (Lipinski definition) is 4. The van der Waals surface area contributed by atoms with Crippen LogP contribution in [0.25, 0.3) is 11.0 Å². The molecular formula is C18H25N3O3. The van der Waals surface area contributed by atoms with E-state index < -0.39 is 0 Å². The Bertz CT molecular complexity index is 709. The molecule has 24 heavy (non-hydrogen) atoms. The molecule has 2 rings (SSSR count). The van der Waals surface area contributed by atoms with E-state index in [9.17, 15) is 9.59 Å². The zero-order chi connectivity index (χ0) is 17.5. The molecule has 0 atom stereocenters. The lowest BCUT2D eigenvalue weighted by molar-refractivity contribution is -0.131. The zero-order valence-corrected chi connectivity index (χ0v) is 14.3. The number of amides is 2. The molecule has 1 aromatic carbocycles. The van der Waals surface area contributed by atoms with Crippen molar-refractivity contribution in [2.45, 2.75) is 32.7 Å². The van der Waals surface area contributed by atoms with Crippen LogP contribution in [0.5, 0.6) is 0 Å². The third kappa shape index (κ3) is 4.35. The number of likely N-dealkylation sites (N-methyl/N-ethyl adjacent to an activating group) is 1. The number of fused-ring (bicyclic) bond motifs is 1. The minimum Gasteiger partial charge on any atom is -0.461 e. The van der Waals surface area contributed by atoms with Gasteiger partial charge in [-0.25, -0.2) is 0 Å². The number of benzene rings is 1. The lowest BCUT2D eigenvalue weighted by Gasteiger charge is -2.18. The van der Waals surface area contributed by atoms with Crippen LogP contribution in [0, 0.1) is 0 Å². The van der Waals surface area contributed by atoms with Crippen LogP contribution in [-0.4, -0.2) is 36.9 Å². The predicted octanol–water partition coefficient (Wildman–Crippen LogP) is 1.81. The highest BCUT2D eigenvalue weighted by molar-refractivity contribution is 5.86. The number of carbonyl (C=O) groups is 2. The smallest absolute Gasteiger partial charge is 0.242 e. The Hall–Kier alpha value is -2.34. The monoisotopic (exact) mass is 331 g/mol. The number of rotatable bonds is 8. The van der Waals surface area contributed by atoms with Gasteiger partial charge in [0.15, 0.2) is 0 Å². The Kier molecular flexibility index (Phi) is 6.37. The van der Waals surface area contributed by atoms with E-state index in [1.54, 1.807) is 11.9 Å². The van der Waals surface area contributed by atoms with Crippen LogP contribution in [0.2, 0.25) is 0 Å². The predicted molar refractivity (Wildman–Crippen MR) is 93.4 cm³/mol. The molecule has 2 amide bonds. The summed E-state index contributed by atoms with van der Waals surface area (Å²) in [6, 6.07) is 7.86. The summed E-state index contributed by atoms with van der Waals surface area (Å²) in [5, 5.41) is 3.54. The number of para-hydroxylation sites is 1. The van der Waals surface area contributed by atoms with Gasteiger partial charge in [0, 0.05) is 31.0 Å². The lowest BCUT2D eigenvalue weighted by Crippen LogP contribution is -2.40. The van der Waals surface area contributed by atoms with Gasteiger partial charge in [0.25, 0.3) is 0 Å². The first-order chi connectivity index (χ1) is 11.6. The quantitative estimate of drug-likeness (QED) is 0.772. The van der Waals surface area contributed by atoms with E-state index in [4.69, 9.17) is 10.2 Å². The molecule has 2 aromatic rings.